The van der Waals surface area contributed by atoms with Crippen LogP contribution in [0.1, 0.15) is 12.0 Å². The van der Waals surface area contributed by atoms with Gasteiger partial charge in [0.2, 0.25) is 5.91 Å². The van der Waals surface area contributed by atoms with E-state index in [0.717, 1.165) is 0 Å². The summed E-state index contributed by atoms with van der Waals surface area (Å²) in [7, 11) is 4.08. The minimum absolute atomic E-state index is 0.110. The third-order valence-electron chi connectivity index (χ3n) is 3.11. The van der Waals surface area contributed by atoms with E-state index >= 15 is 0 Å². The molecule has 0 saturated heterocycles. The normalized spacial score (nSPS) is 14.0. The highest BCUT2D eigenvalue weighted by Crippen LogP contribution is 2.38. The predicted molar refractivity (Wildman–Crippen MR) is 74.4 cm³/mol. The Balaban J connectivity index is 2.67. The zero-order valence-electron chi connectivity index (χ0n) is 11.9. The molecule has 0 bridgehead atoms. The van der Waals surface area contributed by atoms with Gasteiger partial charge in [-0.2, -0.15) is 0 Å². The molecule has 1 aliphatic rings. The molecule has 21 heavy (non-hydrogen) atoms. The van der Waals surface area contributed by atoms with Crippen LogP contribution in [0, 0.1) is 0 Å². The van der Waals surface area contributed by atoms with E-state index in [-0.39, 0.29) is 23.3 Å². The number of amides is 1. The zero-order chi connectivity index (χ0) is 15.6. The molecule has 2 rings (SSSR count). The monoisotopic (exact) mass is 293 g/mol. The lowest BCUT2D eigenvalue weighted by Gasteiger charge is -2.13. The molecule has 7 heteroatoms. The lowest BCUT2D eigenvalue weighted by Crippen LogP contribution is -2.14. The molecule has 0 spiro atoms. The first-order valence-corrected chi connectivity index (χ1v) is 6.08. The summed E-state index contributed by atoms with van der Waals surface area (Å²) in [5.41, 5.74) is 0.480. The van der Waals surface area contributed by atoms with Crippen LogP contribution in [0.15, 0.2) is 17.7 Å². The number of carbonyl (C=O) groups is 2. The van der Waals surface area contributed by atoms with Crippen LogP contribution in [0.4, 0.5) is 5.69 Å². The zero-order valence-corrected chi connectivity index (χ0v) is 11.9. The van der Waals surface area contributed by atoms with Gasteiger partial charge < -0.3 is 24.6 Å². The van der Waals surface area contributed by atoms with Crippen molar-refractivity contribution in [3.05, 3.63) is 23.3 Å². The second kappa shape index (κ2) is 5.74. The quantitative estimate of drug-likeness (QED) is 0.820. The first-order valence-electron chi connectivity index (χ1n) is 6.08. The topological polar surface area (TPSA) is 94.1 Å². The molecule has 0 fully saturated rings. The number of hydrogen-bond acceptors (Lipinski definition) is 6. The number of carbonyl (C=O) groups excluding carboxylic acids is 2. The molecular formula is C14H15NO6. The van der Waals surface area contributed by atoms with E-state index in [4.69, 9.17) is 9.47 Å². The molecule has 112 valence electrons. The van der Waals surface area contributed by atoms with Gasteiger partial charge in [-0.3, -0.25) is 4.79 Å². The fraction of sp³-hybridized carbons (Fsp3) is 0.286. The molecule has 0 radical (unpaired) electrons. The molecule has 0 atom stereocenters. The Morgan fingerprint density at radius 2 is 1.81 bits per heavy atom. The van der Waals surface area contributed by atoms with Crippen LogP contribution in [0.5, 0.6) is 11.5 Å². The number of rotatable bonds is 3. The summed E-state index contributed by atoms with van der Waals surface area (Å²) in [4.78, 5) is 23.5. The Morgan fingerprint density at radius 1 is 1.19 bits per heavy atom. The first kappa shape index (κ1) is 14.7. The number of ether oxygens (including phenoxy) is 3. The molecule has 0 aromatic heterocycles. The fourth-order valence-electron chi connectivity index (χ4n) is 2.07. The van der Waals surface area contributed by atoms with Gasteiger partial charge >= 0.3 is 5.97 Å². The minimum atomic E-state index is -0.759. The molecule has 2 N–H and O–H groups in total. The summed E-state index contributed by atoms with van der Waals surface area (Å²) in [5.74, 6) is -0.761. The van der Waals surface area contributed by atoms with Crippen molar-refractivity contribution in [1.82, 2.24) is 0 Å². The van der Waals surface area contributed by atoms with E-state index in [9.17, 15) is 14.7 Å². The third-order valence-corrected chi connectivity index (χ3v) is 3.11. The number of fused-ring (bicyclic) bond motifs is 1. The summed E-state index contributed by atoms with van der Waals surface area (Å²) in [6.45, 7) is 0. The van der Waals surface area contributed by atoms with E-state index in [1.165, 1.54) is 33.5 Å². The number of aliphatic hydroxyl groups excluding tert-OH is 1. The highest BCUT2D eigenvalue weighted by molar-refractivity contribution is 6.08. The number of aliphatic hydroxyl groups is 1. The molecule has 7 nitrogen and oxygen atoms in total. The van der Waals surface area contributed by atoms with E-state index in [1.807, 2.05) is 0 Å². The Hall–Kier alpha value is -2.70. The Kier molecular flexibility index (Phi) is 4.02. The van der Waals surface area contributed by atoms with E-state index in [0.29, 0.717) is 17.2 Å². The van der Waals surface area contributed by atoms with Crippen molar-refractivity contribution >= 4 is 23.3 Å². The van der Waals surface area contributed by atoms with Crippen molar-refractivity contribution in [2.45, 2.75) is 6.42 Å². The fourth-order valence-corrected chi connectivity index (χ4v) is 2.07. The van der Waals surface area contributed by atoms with Gasteiger partial charge in [-0.1, -0.05) is 0 Å². The van der Waals surface area contributed by atoms with Crippen molar-refractivity contribution in [2.24, 2.45) is 0 Å². The minimum Gasteiger partial charge on any atom is -0.507 e. The number of methoxy groups -OCH3 is 3. The average molecular weight is 293 g/mol. The maximum absolute atomic E-state index is 11.8. The van der Waals surface area contributed by atoms with Crippen LogP contribution in [0.3, 0.4) is 0 Å². The number of anilines is 1. The molecule has 0 unspecified atom stereocenters. The largest absolute Gasteiger partial charge is 0.507 e. The van der Waals surface area contributed by atoms with Crippen molar-refractivity contribution in [2.75, 3.05) is 26.6 Å². The lowest BCUT2D eigenvalue weighted by molar-refractivity contribution is -0.137. The maximum atomic E-state index is 11.8. The van der Waals surface area contributed by atoms with Crippen molar-refractivity contribution in [1.29, 1.82) is 0 Å². The van der Waals surface area contributed by atoms with Gasteiger partial charge in [0.15, 0.2) is 11.5 Å². The second-order valence-electron chi connectivity index (χ2n) is 4.30. The summed E-state index contributed by atoms with van der Waals surface area (Å²) >= 11 is 0. The second-order valence-corrected chi connectivity index (χ2v) is 4.30. The first-order chi connectivity index (χ1) is 10.0. The van der Waals surface area contributed by atoms with Gasteiger partial charge in [-0.15, -0.1) is 0 Å². The highest BCUT2D eigenvalue weighted by Gasteiger charge is 2.27. The van der Waals surface area contributed by atoms with Crippen LogP contribution >= 0.6 is 0 Å². The lowest BCUT2D eigenvalue weighted by atomic mass is 10.1. The van der Waals surface area contributed by atoms with Gasteiger partial charge in [0.1, 0.15) is 5.76 Å². The summed E-state index contributed by atoms with van der Waals surface area (Å²) < 4.78 is 14.9. The molecule has 1 aromatic rings. The third kappa shape index (κ3) is 2.62. The van der Waals surface area contributed by atoms with Crippen LogP contribution in [0.2, 0.25) is 0 Å². The van der Waals surface area contributed by atoms with Crippen molar-refractivity contribution in [3.63, 3.8) is 0 Å². The molecule has 0 saturated carbocycles. The summed E-state index contributed by atoms with van der Waals surface area (Å²) in [6, 6.07) is 3.00. The Bertz CT molecular complexity index is 635. The van der Waals surface area contributed by atoms with Crippen LogP contribution < -0.4 is 14.8 Å². The van der Waals surface area contributed by atoms with Crippen molar-refractivity contribution < 1.29 is 28.9 Å². The summed E-state index contributed by atoms with van der Waals surface area (Å²) in [5, 5.41) is 12.9. The average Bonchev–Trinajstić information content (AvgIpc) is 2.61. The van der Waals surface area contributed by atoms with Crippen LogP contribution in [-0.2, 0) is 14.3 Å². The number of nitrogens with one attached hydrogen (secondary N) is 1. The highest BCUT2D eigenvalue weighted by atomic mass is 16.5. The molecule has 1 heterocycles. The molecule has 0 aliphatic carbocycles. The molecule has 1 amide bonds. The predicted octanol–water partition coefficient (Wildman–Crippen LogP) is 1.49. The van der Waals surface area contributed by atoms with Gasteiger partial charge in [0, 0.05) is 11.6 Å². The SMILES string of the molecule is COC(=O)C1=C(O)c2cc(OC)c(OC)cc2NC(=O)C1. The van der Waals surface area contributed by atoms with E-state index in [2.05, 4.69) is 10.1 Å². The molecular weight excluding hydrogens is 278 g/mol. The Morgan fingerprint density at radius 3 is 2.38 bits per heavy atom. The van der Waals surface area contributed by atoms with E-state index < -0.39 is 11.9 Å². The number of esters is 1. The summed E-state index contributed by atoms with van der Waals surface area (Å²) in [6.07, 6.45) is -0.280. The van der Waals surface area contributed by atoms with Gasteiger partial charge in [0.25, 0.3) is 0 Å². The standard InChI is InChI=1S/C14H15NO6/c1-19-10-4-7-9(6-11(10)20-2)15-12(16)5-8(13(7)17)14(18)21-3/h4,6,17H,5H2,1-3H3,(H,15,16). The molecule has 1 aliphatic heterocycles. The number of benzene rings is 1. The van der Waals surface area contributed by atoms with Crippen LogP contribution in [-0.4, -0.2) is 38.3 Å². The molecule has 1 aromatic carbocycles. The van der Waals surface area contributed by atoms with Crippen LogP contribution in [0.25, 0.3) is 5.76 Å². The number of hydrogen-bond donors (Lipinski definition) is 2. The maximum Gasteiger partial charge on any atom is 0.338 e. The smallest absolute Gasteiger partial charge is 0.338 e. The van der Waals surface area contributed by atoms with Gasteiger partial charge in [-0.05, 0) is 6.07 Å². The van der Waals surface area contributed by atoms with E-state index in [1.54, 1.807) is 0 Å². The van der Waals surface area contributed by atoms with Crippen molar-refractivity contribution in [3.8, 4) is 11.5 Å². The Labute approximate surface area is 121 Å². The van der Waals surface area contributed by atoms with Gasteiger partial charge in [-0.25, -0.2) is 4.79 Å². The van der Waals surface area contributed by atoms with Gasteiger partial charge in [0.05, 0.1) is 39.0 Å².